The molecule has 5 heterocycles. The highest BCUT2D eigenvalue weighted by Gasteiger charge is 2.25. The van der Waals surface area contributed by atoms with Crippen LogP contribution in [0.15, 0.2) is 66.2 Å². The molecule has 0 saturated carbocycles. The fourth-order valence-corrected chi connectivity index (χ4v) is 4.96. The van der Waals surface area contributed by atoms with Gasteiger partial charge in [-0.1, -0.05) is 18.2 Å². The molecule has 7 heteroatoms. The topological polar surface area (TPSA) is 53.7 Å². The van der Waals surface area contributed by atoms with E-state index in [0.29, 0.717) is 12.3 Å². The summed E-state index contributed by atoms with van der Waals surface area (Å²) in [6, 6.07) is 1.98. The van der Waals surface area contributed by atoms with Crippen molar-refractivity contribution < 1.29 is 9.18 Å². The predicted molar refractivity (Wildman–Crippen MR) is 131 cm³/mol. The Morgan fingerprint density at radius 2 is 1.97 bits per heavy atom. The van der Waals surface area contributed by atoms with Gasteiger partial charge in [0.05, 0.1) is 35.5 Å². The number of nitrogens with zero attached hydrogens (tertiary/aromatic N) is 5. The Hall–Kier alpha value is -3.32. The van der Waals surface area contributed by atoms with Crippen molar-refractivity contribution in [3.8, 4) is 0 Å². The quantitative estimate of drug-likeness (QED) is 0.659. The van der Waals surface area contributed by atoms with Gasteiger partial charge in [-0.15, -0.1) is 0 Å². The van der Waals surface area contributed by atoms with Crippen LogP contribution in [-0.4, -0.2) is 56.6 Å². The van der Waals surface area contributed by atoms with Crippen LogP contribution in [0.1, 0.15) is 36.3 Å². The summed E-state index contributed by atoms with van der Waals surface area (Å²) >= 11 is 0. The van der Waals surface area contributed by atoms with E-state index in [-0.39, 0.29) is 12.6 Å². The highest BCUT2D eigenvalue weighted by atomic mass is 19.1. The van der Waals surface area contributed by atoms with Crippen LogP contribution in [0.3, 0.4) is 0 Å². The van der Waals surface area contributed by atoms with Crippen molar-refractivity contribution >= 4 is 17.0 Å². The summed E-state index contributed by atoms with van der Waals surface area (Å²) in [6.45, 7) is 6.43. The summed E-state index contributed by atoms with van der Waals surface area (Å²) in [5.74, 6) is 0.324. The van der Waals surface area contributed by atoms with E-state index < -0.39 is 0 Å². The molecule has 5 rings (SSSR count). The normalized spacial score (nSPS) is 23.6. The largest absolute Gasteiger partial charge is 0.303 e. The number of hydrogen-bond donors (Lipinski definition) is 0. The molecule has 0 atom stereocenters. The number of halogens is 1. The van der Waals surface area contributed by atoms with Crippen LogP contribution in [0.25, 0.3) is 11.1 Å². The molecule has 1 amide bonds. The second kappa shape index (κ2) is 9.50. The number of aryl methyl sites for hydroxylation is 2. The molecule has 2 aromatic rings. The smallest absolute Gasteiger partial charge is 0.255 e. The third-order valence-corrected chi connectivity index (χ3v) is 6.78. The molecule has 0 bridgehead atoms. The van der Waals surface area contributed by atoms with Crippen molar-refractivity contribution in [2.75, 3.05) is 26.3 Å². The Bertz CT molecular complexity index is 1260. The van der Waals surface area contributed by atoms with Crippen LogP contribution in [0.4, 0.5) is 4.39 Å². The molecule has 3 aliphatic rings. The Balaban J connectivity index is 1.38. The molecule has 34 heavy (non-hydrogen) atoms. The number of rotatable bonds is 5. The number of fused-ring (bicyclic) bond motifs is 2. The first-order valence-corrected chi connectivity index (χ1v) is 12.0. The van der Waals surface area contributed by atoms with E-state index in [1.807, 2.05) is 61.1 Å². The molecule has 0 aromatic carbocycles. The predicted octanol–water partition coefficient (Wildman–Crippen LogP) is 4.54. The second-order valence-electron chi connectivity index (χ2n) is 9.21. The van der Waals surface area contributed by atoms with Crippen molar-refractivity contribution in [2.45, 2.75) is 33.1 Å². The summed E-state index contributed by atoms with van der Waals surface area (Å²) in [4.78, 5) is 21.9. The van der Waals surface area contributed by atoms with E-state index in [1.165, 1.54) is 5.57 Å². The molecule has 2 aromatic heterocycles. The zero-order valence-corrected chi connectivity index (χ0v) is 19.7. The SMILES string of the molecule is Cc1cn2nc(C3=C\C(=O)N4C=C(C5CCN(CCCF)CC5)C=C\C4=C/C=C/3)cc2c(C)n1. The highest BCUT2D eigenvalue weighted by Crippen LogP contribution is 2.31. The molecule has 1 saturated heterocycles. The molecule has 0 unspecified atom stereocenters. The maximum absolute atomic E-state index is 13.3. The molecule has 0 aliphatic carbocycles. The Morgan fingerprint density at radius 1 is 1.15 bits per heavy atom. The van der Waals surface area contributed by atoms with E-state index >= 15 is 0 Å². The van der Waals surface area contributed by atoms with Crippen LogP contribution >= 0.6 is 0 Å². The van der Waals surface area contributed by atoms with E-state index in [9.17, 15) is 9.18 Å². The monoisotopic (exact) mass is 459 g/mol. The average molecular weight is 460 g/mol. The van der Waals surface area contributed by atoms with Crippen molar-refractivity contribution in [2.24, 2.45) is 5.92 Å². The van der Waals surface area contributed by atoms with Gasteiger partial charge >= 0.3 is 0 Å². The van der Waals surface area contributed by atoms with E-state index in [1.54, 1.807) is 11.0 Å². The number of allylic oxidation sites excluding steroid dienone is 7. The van der Waals surface area contributed by atoms with Gasteiger partial charge in [0.1, 0.15) is 0 Å². The first kappa shape index (κ1) is 22.5. The van der Waals surface area contributed by atoms with Crippen LogP contribution in [0, 0.1) is 19.8 Å². The number of hydrogen-bond acceptors (Lipinski definition) is 4. The molecule has 1 fully saturated rings. The van der Waals surface area contributed by atoms with E-state index in [2.05, 4.69) is 16.0 Å². The van der Waals surface area contributed by atoms with E-state index in [4.69, 9.17) is 5.10 Å². The van der Waals surface area contributed by atoms with Gasteiger partial charge in [0.25, 0.3) is 5.91 Å². The summed E-state index contributed by atoms with van der Waals surface area (Å²) in [5, 5.41) is 4.69. The third kappa shape index (κ3) is 4.53. The summed E-state index contributed by atoms with van der Waals surface area (Å²) < 4.78 is 14.3. The molecule has 0 spiro atoms. The zero-order chi connectivity index (χ0) is 23.7. The molecule has 0 N–H and O–H groups in total. The van der Waals surface area contributed by atoms with Crippen molar-refractivity contribution in [3.63, 3.8) is 0 Å². The van der Waals surface area contributed by atoms with Gasteiger partial charge in [-0.05, 0) is 75.9 Å². The molecule has 3 aliphatic heterocycles. The van der Waals surface area contributed by atoms with Crippen molar-refractivity contribution in [3.05, 3.63) is 83.3 Å². The van der Waals surface area contributed by atoms with Gasteiger partial charge in [-0.2, -0.15) is 5.10 Å². The molecule has 0 radical (unpaired) electrons. The van der Waals surface area contributed by atoms with Gasteiger partial charge in [0.2, 0.25) is 0 Å². The number of amides is 1. The summed E-state index contributed by atoms with van der Waals surface area (Å²) in [5.41, 5.74) is 6.29. The van der Waals surface area contributed by atoms with Gasteiger partial charge in [-0.3, -0.25) is 19.1 Å². The van der Waals surface area contributed by atoms with Gasteiger partial charge < -0.3 is 4.90 Å². The van der Waals surface area contributed by atoms with Crippen LogP contribution in [-0.2, 0) is 4.79 Å². The number of likely N-dealkylation sites (tertiary alicyclic amines) is 1. The second-order valence-corrected chi connectivity index (χ2v) is 9.21. The standard InChI is InChI=1S/C27H30FN5O/c1-19-17-33-26(20(2)29-19)16-25(30-33)22-5-3-6-24-8-7-23(18-32(24)27(34)15-22)21-9-13-31(14-10-21)12-4-11-28/h3,5-8,15-18,21H,4,9-14H2,1-2H3/b5-3+,22-15+,24-6+. The minimum absolute atomic E-state index is 0.0871. The summed E-state index contributed by atoms with van der Waals surface area (Å²) in [6.07, 6.45) is 18.2. The minimum atomic E-state index is -0.255. The fraction of sp³-hybridized carbons (Fsp3) is 0.370. The molecule has 176 valence electrons. The van der Waals surface area contributed by atoms with Gasteiger partial charge in [0.15, 0.2) is 0 Å². The van der Waals surface area contributed by atoms with Crippen LogP contribution in [0.2, 0.25) is 0 Å². The Kier molecular flexibility index (Phi) is 6.28. The number of carbonyl (C=O) groups is 1. The first-order chi connectivity index (χ1) is 16.5. The lowest BCUT2D eigenvalue weighted by Crippen LogP contribution is -2.36. The molecular formula is C27H30FN5O. The number of carbonyl (C=O) groups excluding carboxylic acids is 1. The average Bonchev–Trinajstić information content (AvgIpc) is 3.25. The number of aromatic nitrogens is 3. The third-order valence-electron chi connectivity index (χ3n) is 6.78. The molecule has 6 nitrogen and oxygen atoms in total. The molecular weight excluding hydrogens is 429 g/mol. The lowest BCUT2D eigenvalue weighted by atomic mass is 9.88. The van der Waals surface area contributed by atoms with Gasteiger partial charge in [-0.25, -0.2) is 4.52 Å². The van der Waals surface area contributed by atoms with Crippen LogP contribution < -0.4 is 0 Å². The highest BCUT2D eigenvalue weighted by molar-refractivity contribution is 5.99. The van der Waals surface area contributed by atoms with Gasteiger partial charge in [0, 0.05) is 30.1 Å². The van der Waals surface area contributed by atoms with E-state index in [0.717, 1.165) is 66.3 Å². The maximum Gasteiger partial charge on any atom is 0.255 e. The Labute approximate surface area is 199 Å². The Morgan fingerprint density at radius 3 is 2.76 bits per heavy atom. The maximum atomic E-state index is 13.3. The summed E-state index contributed by atoms with van der Waals surface area (Å²) in [7, 11) is 0. The fourth-order valence-electron chi connectivity index (χ4n) is 4.96. The zero-order valence-electron chi connectivity index (χ0n) is 19.7. The van der Waals surface area contributed by atoms with Crippen LogP contribution in [0.5, 0.6) is 0 Å². The van der Waals surface area contributed by atoms with Crippen molar-refractivity contribution in [1.82, 2.24) is 24.4 Å². The number of alkyl halides is 1. The minimum Gasteiger partial charge on any atom is -0.303 e. The lowest BCUT2D eigenvalue weighted by molar-refractivity contribution is -0.122. The number of piperidine rings is 1. The van der Waals surface area contributed by atoms with Crippen molar-refractivity contribution in [1.29, 1.82) is 0 Å². The first-order valence-electron chi connectivity index (χ1n) is 12.0. The lowest BCUT2D eigenvalue weighted by Gasteiger charge is -2.34.